The molecule has 0 aliphatic rings. The lowest BCUT2D eigenvalue weighted by atomic mass is 10.1. The van der Waals surface area contributed by atoms with E-state index in [-0.39, 0.29) is 22.2 Å². The van der Waals surface area contributed by atoms with Crippen molar-refractivity contribution in [2.24, 2.45) is 0 Å². The Labute approximate surface area is 125 Å². The zero-order chi connectivity index (χ0) is 15.3. The van der Waals surface area contributed by atoms with Gasteiger partial charge in [0.2, 0.25) is 0 Å². The van der Waals surface area contributed by atoms with Crippen molar-refractivity contribution in [2.45, 2.75) is 25.9 Å². The number of aliphatic hydroxyl groups is 1. The lowest BCUT2D eigenvalue weighted by molar-refractivity contribution is -0.384. The first-order chi connectivity index (χ1) is 9.36. The van der Waals surface area contributed by atoms with E-state index in [1.807, 2.05) is 6.92 Å². The zero-order valence-electron chi connectivity index (χ0n) is 10.7. The van der Waals surface area contributed by atoms with Crippen LogP contribution < -0.4 is 5.32 Å². The molecule has 20 heavy (non-hydrogen) atoms. The van der Waals surface area contributed by atoms with E-state index in [1.54, 1.807) is 0 Å². The maximum absolute atomic E-state index is 11.8. The van der Waals surface area contributed by atoms with E-state index >= 15 is 0 Å². The summed E-state index contributed by atoms with van der Waals surface area (Å²) in [7, 11) is 0. The molecule has 0 bridgehead atoms. The van der Waals surface area contributed by atoms with Crippen LogP contribution in [0.4, 0.5) is 5.69 Å². The molecule has 1 amide bonds. The van der Waals surface area contributed by atoms with Gasteiger partial charge in [0.1, 0.15) is 5.02 Å². The van der Waals surface area contributed by atoms with Crippen LogP contribution in [0.3, 0.4) is 0 Å². The number of hydrogen-bond donors (Lipinski definition) is 2. The van der Waals surface area contributed by atoms with Crippen molar-refractivity contribution in [1.29, 1.82) is 0 Å². The third-order valence-electron chi connectivity index (χ3n) is 2.70. The van der Waals surface area contributed by atoms with Gasteiger partial charge >= 0.3 is 0 Å². The highest BCUT2D eigenvalue weighted by atomic mass is 35.5. The van der Waals surface area contributed by atoms with E-state index in [0.29, 0.717) is 12.8 Å². The normalized spacial score (nSPS) is 12.0. The van der Waals surface area contributed by atoms with Gasteiger partial charge < -0.3 is 10.4 Å². The third kappa shape index (κ3) is 4.33. The number of rotatable bonds is 6. The Hall–Kier alpha value is -1.37. The van der Waals surface area contributed by atoms with Gasteiger partial charge in [0.15, 0.2) is 0 Å². The first kappa shape index (κ1) is 16.7. The molecule has 110 valence electrons. The summed E-state index contributed by atoms with van der Waals surface area (Å²) in [5.41, 5.74) is -0.366. The van der Waals surface area contributed by atoms with E-state index in [2.05, 4.69) is 5.32 Å². The van der Waals surface area contributed by atoms with Gasteiger partial charge in [0.05, 0.1) is 16.0 Å². The molecule has 0 aliphatic heterocycles. The molecule has 1 aromatic carbocycles. The van der Waals surface area contributed by atoms with Crippen LogP contribution in [0.15, 0.2) is 12.1 Å². The van der Waals surface area contributed by atoms with Crippen LogP contribution in [0.1, 0.15) is 30.1 Å². The highest BCUT2D eigenvalue weighted by Gasteiger charge is 2.20. The van der Waals surface area contributed by atoms with Gasteiger partial charge in [-0.1, -0.05) is 30.1 Å². The smallest absolute Gasteiger partial charge is 0.290 e. The van der Waals surface area contributed by atoms with Crippen molar-refractivity contribution in [3.8, 4) is 0 Å². The molecule has 1 rings (SSSR count). The predicted octanol–water partition coefficient (Wildman–Crippen LogP) is 2.79. The molecule has 0 saturated carbocycles. The molecule has 8 heteroatoms. The molecule has 0 saturated heterocycles. The molecule has 1 aromatic rings. The van der Waals surface area contributed by atoms with Gasteiger partial charge in [-0.3, -0.25) is 14.9 Å². The standard InChI is InChI=1S/C12H14Cl2N2O4/c1-2-8(17)3-4-15-12(18)7-5-9(13)11(14)10(6-7)16(19)20/h5-6,8,17H,2-4H2,1H3,(H,15,18). The molecule has 6 nitrogen and oxygen atoms in total. The van der Waals surface area contributed by atoms with Crippen molar-refractivity contribution in [2.75, 3.05) is 6.54 Å². The second kappa shape index (κ2) is 7.42. The van der Waals surface area contributed by atoms with Crippen LogP contribution in [-0.4, -0.2) is 28.6 Å². The van der Waals surface area contributed by atoms with Crippen LogP contribution in [0.2, 0.25) is 10.0 Å². The van der Waals surface area contributed by atoms with Crippen molar-refractivity contribution < 1.29 is 14.8 Å². The quantitative estimate of drug-likeness (QED) is 0.622. The number of hydrogen-bond acceptors (Lipinski definition) is 4. The maximum atomic E-state index is 11.8. The van der Waals surface area contributed by atoms with Crippen molar-refractivity contribution in [3.05, 3.63) is 37.9 Å². The molecule has 1 atom stereocenters. The van der Waals surface area contributed by atoms with Gasteiger partial charge in [-0.05, 0) is 18.9 Å². The predicted molar refractivity (Wildman–Crippen MR) is 76.4 cm³/mol. The molecule has 1 unspecified atom stereocenters. The average Bonchev–Trinajstić information content (AvgIpc) is 2.40. The fourth-order valence-electron chi connectivity index (χ4n) is 1.50. The van der Waals surface area contributed by atoms with Gasteiger partial charge in [-0.15, -0.1) is 0 Å². The molecule has 2 N–H and O–H groups in total. The SMILES string of the molecule is CCC(O)CCNC(=O)c1cc(Cl)c(Cl)c([N+](=O)[O-])c1. The highest BCUT2D eigenvalue weighted by Crippen LogP contribution is 2.32. The second-order valence-electron chi connectivity index (χ2n) is 4.15. The number of halogens is 2. The Bertz CT molecular complexity index is 522. The monoisotopic (exact) mass is 320 g/mol. The number of benzene rings is 1. The van der Waals surface area contributed by atoms with Gasteiger partial charge in [0.25, 0.3) is 11.6 Å². The number of nitro benzene ring substituents is 1. The van der Waals surface area contributed by atoms with E-state index in [0.717, 1.165) is 6.07 Å². The number of nitrogens with zero attached hydrogens (tertiary/aromatic N) is 1. The summed E-state index contributed by atoms with van der Waals surface area (Å²) in [5, 5.41) is 22.4. The summed E-state index contributed by atoms with van der Waals surface area (Å²) in [6.07, 6.45) is 0.512. The van der Waals surface area contributed by atoms with Crippen LogP contribution in [0, 0.1) is 10.1 Å². The number of amides is 1. The first-order valence-corrected chi connectivity index (χ1v) is 6.72. The number of aliphatic hydroxyl groups excluding tert-OH is 1. The number of carbonyl (C=O) groups is 1. The number of nitro groups is 1. The van der Waals surface area contributed by atoms with Gasteiger partial charge in [-0.25, -0.2) is 0 Å². The van der Waals surface area contributed by atoms with Crippen molar-refractivity contribution >= 4 is 34.8 Å². The average molecular weight is 321 g/mol. The minimum Gasteiger partial charge on any atom is -0.393 e. The summed E-state index contributed by atoms with van der Waals surface area (Å²) in [6.45, 7) is 2.09. The molecule has 0 aromatic heterocycles. The van der Waals surface area contributed by atoms with E-state index in [4.69, 9.17) is 23.2 Å². The lowest BCUT2D eigenvalue weighted by Gasteiger charge is -2.09. The molecular weight excluding hydrogens is 307 g/mol. The van der Waals surface area contributed by atoms with E-state index < -0.39 is 22.6 Å². The summed E-state index contributed by atoms with van der Waals surface area (Å²) < 4.78 is 0. The number of nitrogens with one attached hydrogen (secondary N) is 1. The molecule has 0 fully saturated rings. The minimum atomic E-state index is -0.703. The summed E-state index contributed by atoms with van der Waals surface area (Å²) >= 11 is 11.4. The Morgan fingerprint density at radius 1 is 1.50 bits per heavy atom. The van der Waals surface area contributed by atoms with Gasteiger partial charge in [-0.2, -0.15) is 0 Å². The summed E-state index contributed by atoms with van der Waals surface area (Å²) in [5.74, 6) is -0.505. The molecule has 0 heterocycles. The lowest BCUT2D eigenvalue weighted by Crippen LogP contribution is -2.27. The highest BCUT2D eigenvalue weighted by molar-refractivity contribution is 6.43. The molecule has 0 radical (unpaired) electrons. The largest absolute Gasteiger partial charge is 0.393 e. The summed E-state index contributed by atoms with van der Waals surface area (Å²) in [6, 6.07) is 2.34. The maximum Gasteiger partial charge on any atom is 0.290 e. The van der Waals surface area contributed by atoms with E-state index in [1.165, 1.54) is 6.07 Å². The fraction of sp³-hybridized carbons (Fsp3) is 0.417. The minimum absolute atomic E-state index is 0.0529. The Morgan fingerprint density at radius 2 is 2.15 bits per heavy atom. The number of carbonyl (C=O) groups excluding carboxylic acids is 1. The molecule has 0 aliphatic carbocycles. The zero-order valence-corrected chi connectivity index (χ0v) is 12.2. The van der Waals surface area contributed by atoms with Crippen LogP contribution in [-0.2, 0) is 0 Å². The Morgan fingerprint density at radius 3 is 2.70 bits per heavy atom. The molecular formula is C12H14Cl2N2O4. The summed E-state index contributed by atoms with van der Waals surface area (Å²) in [4.78, 5) is 21.9. The third-order valence-corrected chi connectivity index (χ3v) is 3.49. The Balaban J connectivity index is 2.81. The van der Waals surface area contributed by atoms with Crippen LogP contribution in [0.25, 0.3) is 0 Å². The fourth-order valence-corrected chi connectivity index (χ4v) is 1.89. The van der Waals surface area contributed by atoms with Gasteiger partial charge in [0, 0.05) is 18.2 Å². The first-order valence-electron chi connectivity index (χ1n) is 5.96. The second-order valence-corrected chi connectivity index (χ2v) is 4.94. The topological polar surface area (TPSA) is 92.5 Å². The van der Waals surface area contributed by atoms with E-state index in [9.17, 15) is 20.0 Å². The van der Waals surface area contributed by atoms with Crippen LogP contribution in [0.5, 0.6) is 0 Å². The van der Waals surface area contributed by atoms with Crippen LogP contribution >= 0.6 is 23.2 Å². The van der Waals surface area contributed by atoms with Crippen molar-refractivity contribution in [1.82, 2.24) is 5.32 Å². The Kier molecular flexibility index (Phi) is 6.19. The molecule has 0 spiro atoms. The van der Waals surface area contributed by atoms with Crippen molar-refractivity contribution in [3.63, 3.8) is 0 Å².